The van der Waals surface area contributed by atoms with Crippen LogP contribution in [0.25, 0.3) is 0 Å². The van der Waals surface area contributed by atoms with E-state index in [0.717, 1.165) is 11.1 Å². The second-order valence-electron chi connectivity index (χ2n) is 4.25. The van der Waals surface area contributed by atoms with Crippen molar-refractivity contribution in [3.63, 3.8) is 0 Å². The molecular formula is C15H13BrClFO. The fraction of sp³-hybridized carbons (Fsp3) is 0.200. The molecule has 0 amide bonds. The zero-order valence-electron chi connectivity index (χ0n) is 10.6. The Morgan fingerprint density at radius 2 is 1.84 bits per heavy atom. The maximum Gasteiger partial charge on any atom is 0.131 e. The van der Waals surface area contributed by atoms with Crippen LogP contribution in [0.4, 0.5) is 4.39 Å². The summed E-state index contributed by atoms with van der Waals surface area (Å²) in [6.45, 7) is 1.96. The SMILES string of the molecule is COc1ccc(C(Br)c2ccc(Cl)cc2C)c(F)c1. The molecule has 1 nitrogen and oxygen atoms in total. The molecule has 0 aliphatic heterocycles. The molecule has 0 aliphatic carbocycles. The van der Waals surface area contributed by atoms with Gasteiger partial charge in [0.1, 0.15) is 11.6 Å². The molecule has 0 saturated carbocycles. The summed E-state index contributed by atoms with van der Waals surface area (Å²) in [6, 6.07) is 10.4. The summed E-state index contributed by atoms with van der Waals surface area (Å²) in [5.74, 6) is 0.212. The number of hydrogen-bond acceptors (Lipinski definition) is 1. The van der Waals surface area contributed by atoms with Crippen molar-refractivity contribution in [3.8, 4) is 5.75 Å². The quantitative estimate of drug-likeness (QED) is 0.689. The van der Waals surface area contributed by atoms with E-state index in [0.29, 0.717) is 16.3 Å². The zero-order valence-corrected chi connectivity index (χ0v) is 12.9. The summed E-state index contributed by atoms with van der Waals surface area (Å²) >= 11 is 9.48. The first kappa shape index (κ1) is 14.4. The highest BCUT2D eigenvalue weighted by Gasteiger charge is 2.17. The van der Waals surface area contributed by atoms with Crippen LogP contribution in [0.15, 0.2) is 36.4 Å². The number of rotatable bonds is 3. The van der Waals surface area contributed by atoms with Crippen LogP contribution < -0.4 is 4.74 Å². The largest absolute Gasteiger partial charge is 0.497 e. The average Bonchev–Trinajstić information content (AvgIpc) is 2.37. The van der Waals surface area contributed by atoms with Crippen molar-refractivity contribution >= 4 is 27.5 Å². The van der Waals surface area contributed by atoms with Crippen LogP contribution in [0.1, 0.15) is 21.5 Å². The van der Waals surface area contributed by atoms with E-state index in [4.69, 9.17) is 16.3 Å². The number of ether oxygens (including phenoxy) is 1. The molecule has 0 bridgehead atoms. The van der Waals surface area contributed by atoms with Crippen molar-refractivity contribution in [2.45, 2.75) is 11.8 Å². The minimum Gasteiger partial charge on any atom is -0.497 e. The molecule has 1 unspecified atom stereocenters. The van der Waals surface area contributed by atoms with Crippen molar-refractivity contribution in [3.05, 3.63) is 63.9 Å². The molecule has 0 fully saturated rings. The lowest BCUT2D eigenvalue weighted by atomic mass is 10.00. The number of benzene rings is 2. The van der Waals surface area contributed by atoms with Gasteiger partial charge in [0, 0.05) is 16.7 Å². The van der Waals surface area contributed by atoms with E-state index in [1.807, 2.05) is 19.1 Å². The van der Waals surface area contributed by atoms with Crippen LogP contribution in [0.2, 0.25) is 5.02 Å². The fourth-order valence-electron chi connectivity index (χ4n) is 1.93. The molecule has 2 aromatic carbocycles. The maximum absolute atomic E-state index is 14.0. The smallest absolute Gasteiger partial charge is 0.131 e. The van der Waals surface area contributed by atoms with Gasteiger partial charge in [-0.25, -0.2) is 4.39 Å². The Morgan fingerprint density at radius 1 is 1.16 bits per heavy atom. The van der Waals surface area contributed by atoms with Crippen molar-refractivity contribution in [2.24, 2.45) is 0 Å². The predicted octanol–water partition coefficient (Wildman–Crippen LogP) is 5.28. The molecular weight excluding hydrogens is 331 g/mol. The van der Waals surface area contributed by atoms with Crippen LogP contribution in [0.3, 0.4) is 0 Å². The highest BCUT2D eigenvalue weighted by Crippen LogP contribution is 2.36. The van der Waals surface area contributed by atoms with Gasteiger partial charge in [0.05, 0.1) is 11.9 Å². The molecule has 2 aromatic rings. The Hall–Kier alpha value is -1.06. The summed E-state index contributed by atoms with van der Waals surface area (Å²) < 4.78 is 19.1. The topological polar surface area (TPSA) is 9.23 Å². The van der Waals surface area contributed by atoms with Gasteiger partial charge in [-0.15, -0.1) is 0 Å². The standard InChI is InChI=1S/C15H13BrClFO/c1-9-7-10(17)3-5-12(9)15(16)13-6-4-11(19-2)8-14(13)18/h3-8,15H,1-2H3. The lowest BCUT2D eigenvalue weighted by Crippen LogP contribution is -1.99. The van der Waals surface area contributed by atoms with Gasteiger partial charge in [-0.3, -0.25) is 0 Å². The maximum atomic E-state index is 14.0. The second-order valence-corrected chi connectivity index (χ2v) is 5.60. The molecule has 19 heavy (non-hydrogen) atoms. The number of alkyl halides is 1. The van der Waals surface area contributed by atoms with Crippen LogP contribution in [0.5, 0.6) is 5.75 Å². The van der Waals surface area contributed by atoms with Gasteiger partial charge in [-0.1, -0.05) is 39.7 Å². The molecule has 0 spiro atoms. The molecule has 100 valence electrons. The van der Waals surface area contributed by atoms with E-state index < -0.39 is 0 Å². The van der Waals surface area contributed by atoms with Gasteiger partial charge < -0.3 is 4.74 Å². The van der Waals surface area contributed by atoms with Crippen LogP contribution >= 0.6 is 27.5 Å². The minimum atomic E-state index is -0.296. The minimum absolute atomic E-state index is 0.212. The highest BCUT2D eigenvalue weighted by atomic mass is 79.9. The molecule has 0 aromatic heterocycles. The average molecular weight is 344 g/mol. The molecule has 0 N–H and O–H groups in total. The van der Waals surface area contributed by atoms with Crippen molar-refractivity contribution < 1.29 is 9.13 Å². The second kappa shape index (κ2) is 5.93. The third-order valence-electron chi connectivity index (χ3n) is 2.99. The summed E-state index contributed by atoms with van der Waals surface area (Å²) in [4.78, 5) is -0.212. The Labute approximate surface area is 125 Å². The van der Waals surface area contributed by atoms with Gasteiger partial charge in [-0.2, -0.15) is 0 Å². The van der Waals surface area contributed by atoms with E-state index in [2.05, 4.69) is 15.9 Å². The number of hydrogen-bond donors (Lipinski definition) is 0. The summed E-state index contributed by atoms with van der Waals surface area (Å²) in [6.07, 6.45) is 0. The summed E-state index contributed by atoms with van der Waals surface area (Å²) in [7, 11) is 1.52. The molecule has 1 atom stereocenters. The van der Waals surface area contributed by atoms with Crippen molar-refractivity contribution in [2.75, 3.05) is 7.11 Å². The monoisotopic (exact) mass is 342 g/mol. The van der Waals surface area contributed by atoms with Gasteiger partial charge in [0.15, 0.2) is 0 Å². The Balaban J connectivity index is 2.41. The van der Waals surface area contributed by atoms with E-state index in [-0.39, 0.29) is 10.6 Å². The Morgan fingerprint density at radius 3 is 2.42 bits per heavy atom. The van der Waals surface area contributed by atoms with Crippen LogP contribution in [-0.2, 0) is 0 Å². The third kappa shape index (κ3) is 3.10. The molecule has 0 radical (unpaired) electrons. The first-order valence-electron chi connectivity index (χ1n) is 5.76. The lowest BCUT2D eigenvalue weighted by molar-refractivity contribution is 0.411. The van der Waals surface area contributed by atoms with Gasteiger partial charge in [0.25, 0.3) is 0 Å². The predicted molar refractivity (Wildman–Crippen MR) is 79.9 cm³/mol. The summed E-state index contributed by atoms with van der Waals surface area (Å²) in [5.41, 5.74) is 2.59. The zero-order chi connectivity index (χ0) is 14.0. The number of aryl methyl sites for hydroxylation is 1. The Bertz CT molecular complexity index is 601. The molecule has 0 heterocycles. The third-order valence-corrected chi connectivity index (χ3v) is 4.21. The van der Waals surface area contributed by atoms with Gasteiger partial charge in [0.2, 0.25) is 0 Å². The highest BCUT2D eigenvalue weighted by molar-refractivity contribution is 9.09. The van der Waals surface area contributed by atoms with E-state index in [9.17, 15) is 4.39 Å². The normalized spacial score (nSPS) is 12.3. The first-order chi connectivity index (χ1) is 9.02. The summed E-state index contributed by atoms with van der Waals surface area (Å²) in [5, 5.41) is 0.677. The van der Waals surface area contributed by atoms with Gasteiger partial charge in [-0.05, 0) is 36.2 Å². The number of halogens is 3. The molecule has 4 heteroatoms. The van der Waals surface area contributed by atoms with E-state index in [1.165, 1.54) is 13.2 Å². The van der Waals surface area contributed by atoms with E-state index in [1.54, 1.807) is 18.2 Å². The Kier molecular flexibility index (Phi) is 4.48. The van der Waals surface area contributed by atoms with Crippen LogP contribution in [0, 0.1) is 12.7 Å². The first-order valence-corrected chi connectivity index (χ1v) is 7.06. The van der Waals surface area contributed by atoms with Crippen molar-refractivity contribution in [1.82, 2.24) is 0 Å². The molecule has 0 aliphatic rings. The van der Waals surface area contributed by atoms with E-state index >= 15 is 0 Å². The van der Waals surface area contributed by atoms with Crippen LogP contribution in [-0.4, -0.2) is 7.11 Å². The molecule has 2 rings (SSSR count). The number of methoxy groups -OCH3 is 1. The lowest BCUT2D eigenvalue weighted by Gasteiger charge is -2.15. The van der Waals surface area contributed by atoms with Gasteiger partial charge >= 0.3 is 0 Å². The fourth-order valence-corrected chi connectivity index (χ4v) is 3.04. The molecule has 0 saturated heterocycles. The van der Waals surface area contributed by atoms with Crippen molar-refractivity contribution in [1.29, 1.82) is 0 Å².